The zero-order valence-corrected chi connectivity index (χ0v) is 9.80. The monoisotopic (exact) mass is 249 g/mol. The second kappa shape index (κ2) is 4.36. The molecule has 0 unspecified atom stereocenters. The Bertz CT molecular complexity index is 685. The van der Waals surface area contributed by atoms with Crippen LogP contribution >= 0.6 is 0 Å². The zero-order valence-electron chi connectivity index (χ0n) is 9.80. The highest BCUT2D eigenvalue weighted by molar-refractivity contribution is 5.37. The van der Waals surface area contributed by atoms with Crippen molar-refractivity contribution in [2.75, 3.05) is 7.11 Å². The second-order valence-electron chi connectivity index (χ2n) is 3.60. The minimum atomic E-state index is -0.727. The van der Waals surface area contributed by atoms with Gasteiger partial charge in [0.05, 0.1) is 24.6 Å². The van der Waals surface area contributed by atoms with Gasteiger partial charge in [-0.25, -0.2) is 14.3 Å². The second-order valence-corrected chi connectivity index (χ2v) is 3.60. The van der Waals surface area contributed by atoms with Crippen molar-refractivity contribution in [2.45, 2.75) is 6.92 Å². The lowest BCUT2D eigenvalue weighted by atomic mass is 10.3. The Labute approximate surface area is 101 Å². The van der Waals surface area contributed by atoms with Crippen molar-refractivity contribution in [3.63, 3.8) is 0 Å². The third-order valence-corrected chi connectivity index (χ3v) is 2.50. The van der Waals surface area contributed by atoms with Crippen LogP contribution in [-0.2, 0) is 0 Å². The molecule has 0 aliphatic carbocycles. The maximum absolute atomic E-state index is 11.7. The first-order valence-corrected chi connectivity index (χ1v) is 5.10. The van der Waals surface area contributed by atoms with Gasteiger partial charge in [0.2, 0.25) is 11.8 Å². The number of nitrogens with one attached hydrogen (secondary N) is 1. The van der Waals surface area contributed by atoms with Crippen LogP contribution in [-0.4, -0.2) is 26.8 Å². The molecular formula is C11H11N3O4. The lowest BCUT2D eigenvalue weighted by molar-refractivity contribution is 0.397. The van der Waals surface area contributed by atoms with Gasteiger partial charge in [0.15, 0.2) is 0 Å². The summed E-state index contributed by atoms with van der Waals surface area (Å²) in [6.07, 6.45) is 1.36. The predicted octanol–water partition coefficient (Wildman–Crippen LogP) is -0.0566. The molecule has 2 rings (SSSR count). The van der Waals surface area contributed by atoms with Crippen molar-refractivity contribution in [3.05, 3.63) is 44.7 Å². The summed E-state index contributed by atoms with van der Waals surface area (Å²) in [5.41, 5.74) is -0.951. The van der Waals surface area contributed by atoms with Crippen LogP contribution in [0.5, 0.6) is 11.8 Å². The molecule has 0 amide bonds. The lowest BCUT2D eigenvalue weighted by Gasteiger charge is -2.09. The summed E-state index contributed by atoms with van der Waals surface area (Å²) in [6, 6.07) is 3.09. The van der Waals surface area contributed by atoms with Gasteiger partial charge in [0, 0.05) is 6.07 Å². The summed E-state index contributed by atoms with van der Waals surface area (Å²) in [5.74, 6) is -0.0249. The van der Waals surface area contributed by atoms with E-state index in [4.69, 9.17) is 4.74 Å². The number of rotatable bonds is 2. The molecule has 2 aromatic rings. The molecule has 18 heavy (non-hydrogen) atoms. The smallest absolute Gasteiger partial charge is 0.335 e. The Balaban J connectivity index is 2.67. The first-order valence-electron chi connectivity index (χ1n) is 5.10. The summed E-state index contributed by atoms with van der Waals surface area (Å²) < 4.78 is 5.85. The van der Waals surface area contributed by atoms with Crippen molar-refractivity contribution in [1.29, 1.82) is 0 Å². The summed E-state index contributed by atoms with van der Waals surface area (Å²) in [4.78, 5) is 29.0. The number of ether oxygens (including phenoxy) is 1. The molecule has 0 aliphatic heterocycles. The maximum Gasteiger partial charge on any atom is 0.335 e. The number of methoxy groups -OCH3 is 1. The molecule has 0 aromatic carbocycles. The van der Waals surface area contributed by atoms with Crippen LogP contribution in [0.3, 0.4) is 0 Å². The van der Waals surface area contributed by atoms with E-state index in [0.29, 0.717) is 11.6 Å². The molecule has 2 heterocycles. The van der Waals surface area contributed by atoms with Crippen LogP contribution in [0.4, 0.5) is 0 Å². The predicted molar refractivity (Wildman–Crippen MR) is 63.4 cm³/mol. The highest BCUT2D eigenvalue weighted by Crippen LogP contribution is 2.16. The van der Waals surface area contributed by atoms with E-state index >= 15 is 0 Å². The number of aromatic amines is 1. The molecule has 0 atom stereocenters. The zero-order chi connectivity index (χ0) is 13.3. The van der Waals surface area contributed by atoms with E-state index in [9.17, 15) is 14.7 Å². The van der Waals surface area contributed by atoms with Crippen molar-refractivity contribution in [1.82, 2.24) is 14.5 Å². The highest BCUT2D eigenvalue weighted by atomic mass is 16.5. The first kappa shape index (κ1) is 11.9. The third-order valence-electron chi connectivity index (χ3n) is 2.50. The molecule has 7 nitrogen and oxygen atoms in total. The minimum Gasteiger partial charge on any atom is -0.494 e. The Kier molecular flexibility index (Phi) is 2.88. The van der Waals surface area contributed by atoms with Crippen molar-refractivity contribution in [2.24, 2.45) is 0 Å². The fraction of sp³-hybridized carbons (Fsp3) is 0.182. The number of aromatic hydroxyl groups is 1. The molecule has 7 heteroatoms. The Morgan fingerprint density at radius 3 is 2.67 bits per heavy atom. The van der Waals surface area contributed by atoms with Gasteiger partial charge < -0.3 is 9.84 Å². The molecule has 2 aromatic heterocycles. The fourth-order valence-corrected chi connectivity index (χ4v) is 1.48. The topological polar surface area (TPSA) is 97.2 Å². The highest BCUT2D eigenvalue weighted by Gasteiger charge is 2.12. The molecule has 0 radical (unpaired) electrons. The standard InChI is InChI=1S/C11H11N3O4/c1-6-9(15)13-11(17)14(10(6)16)7-3-4-8(18-2)12-5-7/h3-5,16H,1-2H3,(H,13,15,17). The quantitative estimate of drug-likeness (QED) is 0.777. The Morgan fingerprint density at radius 1 is 1.39 bits per heavy atom. The summed E-state index contributed by atoms with van der Waals surface area (Å²) in [6.45, 7) is 1.42. The van der Waals surface area contributed by atoms with Gasteiger partial charge in [-0.05, 0) is 13.0 Å². The van der Waals surface area contributed by atoms with E-state index in [1.54, 1.807) is 12.1 Å². The van der Waals surface area contributed by atoms with E-state index in [1.165, 1.54) is 20.2 Å². The van der Waals surface area contributed by atoms with Gasteiger partial charge in [-0.2, -0.15) is 0 Å². The molecule has 0 saturated carbocycles. The van der Waals surface area contributed by atoms with Crippen LogP contribution in [0, 0.1) is 6.92 Å². The average Bonchev–Trinajstić information content (AvgIpc) is 2.37. The van der Waals surface area contributed by atoms with Crippen LogP contribution < -0.4 is 16.0 Å². The van der Waals surface area contributed by atoms with Crippen LogP contribution in [0.2, 0.25) is 0 Å². The number of hydrogen-bond acceptors (Lipinski definition) is 5. The van der Waals surface area contributed by atoms with Crippen molar-refractivity contribution in [3.8, 4) is 17.4 Å². The van der Waals surface area contributed by atoms with Crippen molar-refractivity contribution >= 4 is 0 Å². The number of H-pyrrole nitrogens is 1. The maximum atomic E-state index is 11.7. The summed E-state index contributed by atoms with van der Waals surface area (Å²) in [5, 5.41) is 9.82. The molecule has 2 N–H and O–H groups in total. The molecule has 0 aliphatic rings. The van der Waals surface area contributed by atoms with E-state index in [2.05, 4.69) is 9.97 Å². The minimum absolute atomic E-state index is 0.0606. The van der Waals surface area contributed by atoms with Crippen LogP contribution in [0.25, 0.3) is 5.69 Å². The van der Waals surface area contributed by atoms with E-state index in [0.717, 1.165) is 4.57 Å². The normalized spacial score (nSPS) is 10.3. The molecule has 0 saturated heterocycles. The summed E-state index contributed by atoms with van der Waals surface area (Å²) in [7, 11) is 1.47. The van der Waals surface area contributed by atoms with E-state index in [1.807, 2.05) is 0 Å². The number of hydrogen-bond donors (Lipinski definition) is 2. The Hall–Kier alpha value is -2.57. The lowest BCUT2D eigenvalue weighted by Crippen LogP contribution is -2.30. The Morgan fingerprint density at radius 2 is 2.11 bits per heavy atom. The molecule has 94 valence electrons. The molecular weight excluding hydrogens is 238 g/mol. The first-order chi connectivity index (χ1) is 8.54. The van der Waals surface area contributed by atoms with Gasteiger partial charge >= 0.3 is 5.69 Å². The fourth-order valence-electron chi connectivity index (χ4n) is 1.48. The van der Waals surface area contributed by atoms with E-state index < -0.39 is 17.1 Å². The number of aromatic nitrogens is 3. The van der Waals surface area contributed by atoms with Crippen LogP contribution in [0.1, 0.15) is 5.56 Å². The van der Waals surface area contributed by atoms with Crippen molar-refractivity contribution < 1.29 is 9.84 Å². The van der Waals surface area contributed by atoms with Gasteiger partial charge in [0.25, 0.3) is 5.56 Å². The van der Waals surface area contributed by atoms with Gasteiger partial charge in [-0.1, -0.05) is 0 Å². The molecule has 0 spiro atoms. The largest absolute Gasteiger partial charge is 0.494 e. The van der Waals surface area contributed by atoms with E-state index in [-0.39, 0.29) is 5.56 Å². The number of nitrogens with zero attached hydrogens (tertiary/aromatic N) is 2. The average molecular weight is 249 g/mol. The third kappa shape index (κ3) is 1.86. The number of pyridine rings is 1. The van der Waals surface area contributed by atoms with Crippen LogP contribution in [0.15, 0.2) is 27.9 Å². The van der Waals surface area contributed by atoms with Gasteiger partial charge in [-0.3, -0.25) is 9.78 Å². The van der Waals surface area contributed by atoms with Gasteiger partial charge in [0.1, 0.15) is 0 Å². The molecule has 0 bridgehead atoms. The van der Waals surface area contributed by atoms with Gasteiger partial charge in [-0.15, -0.1) is 0 Å². The summed E-state index contributed by atoms with van der Waals surface area (Å²) >= 11 is 0. The SMILES string of the molecule is COc1ccc(-n2c(O)c(C)c(=O)[nH]c2=O)cn1. The molecule has 0 fully saturated rings.